The highest BCUT2D eigenvalue weighted by Gasteiger charge is 2.16. The van der Waals surface area contributed by atoms with Gasteiger partial charge < -0.3 is 10.1 Å². The van der Waals surface area contributed by atoms with Crippen molar-refractivity contribution in [1.29, 1.82) is 0 Å². The van der Waals surface area contributed by atoms with Gasteiger partial charge in [0.05, 0.1) is 5.75 Å². The van der Waals surface area contributed by atoms with Crippen molar-refractivity contribution in [3.05, 3.63) is 57.6 Å². The van der Waals surface area contributed by atoms with Crippen molar-refractivity contribution in [2.45, 2.75) is 11.9 Å². The number of nitrogens with zero attached hydrogens (tertiary/aromatic N) is 1. The summed E-state index contributed by atoms with van der Waals surface area (Å²) in [7, 11) is 0. The molecule has 5 nitrogen and oxygen atoms in total. The first-order valence-corrected chi connectivity index (χ1v) is 7.07. The SMILES string of the molecule is Cc1[nH]c(=O)nc(SCC#Cc2ccccc2)c1C(=O)O. The van der Waals surface area contributed by atoms with Crippen LogP contribution in [0.2, 0.25) is 0 Å². The van der Waals surface area contributed by atoms with Gasteiger partial charge in [-0.1, -0.05) is 41.8 Å². The molecule has 6 heteroatoms. The van der Waals surface area contributed by atoms with Crippen LogP contribution >= 0.6 is 11.8 Å². The number of aromatic carboxylic acids is 1. The zero-order valence-electron chi connectivity index (χ0n) is 11.2. The second-order valence-electron chi connectivity index (χ2n) is 4.11. The Morgan fingerprint density at radius 1 is 1.38 bits per heavy atom. The molecule has 0 aliphatic carbocycles. The number of rotatable bonds is 3. The lowest BCUT2D eigenvalue weighted by atomic mass is 10.2. The molecule has 0 amide bonds. The van der Waals surface area contributed by atoms with E-state index >= 15 is 0 Å². The number of thioether (sulfide) groups is 1. The summed E-state index contributed by atoms with van der Waals surface area (Å²) in [6.45, 7) is 1.53. The number of hydrogen-bond acceptors (Lipinski definition) is 4. The fourth-order valence-corrected chi connectivity index (χ4v) is 2.49. The van der Waals surface area contributed by atoms with E-state index in [1.54, 1.807) is 0 Å². The second-order valence-corrected chi connectivity index (χ2v) is 5.07. The van der Waals surface area contributed by atoms with Crippen LogP contribution in [0.1, 0.15) is 21.6 Å². The van der Waals surface area contributed by atoms with Gasteiger partial charge >= 0.3 is 11.7 Å². The third-order valence-corrected chi connectivity index (χ3v) is 3.45. The van der Waals surface area contributed by atoms with Crippen LogP contribution in [-0.2, 0) is 0 Å². The van der Waals surface area contributed by atoms with Gasteiger partial charge in [-0.3, -0.25) is 0 Å². The number of carbonyl (C=O) groups is 1. The number of benzene rings is 1. The highest BCUT2D eigenvalue weighted by atomic mass is 32.2. The van der Waals surface area contributed by atoms with E-state index in [1.807, 2.05) is 30.3 Å². The second kappa shape index (κ2) is 6.77. The smallest absolute Gasteiger partial charge is 0.346 e. The molecule has 2 rings (SSSR count). The maximum atomic E-state index is 11.3. The summed E-state index contributed by atoms with van der Waals surface area (Å²) in [5, 5.41) is 9.35. The van der Waals surface area contributed by atoms with Crippen molar-refractivity contribution in [2.24, 2.45) is 0 Å². The van der Waals surface area contributed by atoms with Crippen LogP contribution in [0.25, 0.3) is 0 Å². The standard InChI is InChI=1S/C15H12N2O3S/c1-10-12(14(18)19)13(17-15(20)16-10)21-9-5-8-11-6-3-2-4-7-11/h2-4,6-7H,9H2,1H3,(H,18,19)(H,16,17,20). The molecular formula is C15H12N2O3S. The summed E-state index contributed by atoms with van der Waals surface area (Å²) in [5.41, 5.74) is 0.629. The highest BCUT2D eigenvalue weighted by Crippen LogP contribution is 2.20. The molecule has 0 unspecified atom stereocenters. The molecular weight excluding hydrogens is 288 g/mol. The molecule has 1 aromatic heterocycles. The average molecular weight is 300 g/mol. The Balaban J connectivity index is 2.16. The van der Waals surface area contributed by atoms with Crippen LogP contribution in [0, 0.1) is 18.8 Å². The normalized spacial score (nSPS) is 9.76. The van der Waals surface area contributed by atoms with E-state index in [4.69, 9.17) is 5.11 Å². The number of H-pyrrole nitrogens is 1. The van der Waals surface area contributed by atoms with Gasteiger partial charge in [-0.2, -0.15) is 4.98 Å². The molecule has 0 fully saturated rings. The van der Waals surface area contributed by atoms with Gasteiger partial charge in [-0.05, 0) is 19.1 Å². The third-order valence-electron chi connectivity index (χ3n) is 2.59. The van der Waals surface area contributed by atoms with Gasteiger partial charge in [-0.15, -0.1) is 0 Å². The van der Waals surface area contributed by atoms with E-state index in [1.165, 1.54) is 6.92 Å². The lowest BCUT2D eigenvalue weighted by Crippen LogP contribution is -2.18. The lowest BCUT2D eigenvalue weighted by Gasteiger charge is -2.04. The molecule has 2 aromatic rings. The number of nitrogens with one attached hydrogen (secondary N) is 1. The Morgan fingerprint density at radius 2 is 2.10 bits per heavy atom. The Morgan fingerprint density at radius 3 is 2.76 bits per heavy atom. The quantitative estimate of drug-likeness (QED) is 0.514. The van der Waals surface area contributed by atoms with Gasteiger partial charge in [0.25, 0.3) is 0 Å². The minimum Gasteiger partial charge on any atom is -0.478 e. The van der Waals surface area contributed by atoms with Gasteiger partial charge in [0, 0.05) is 11.3 Å². The molecule has 106 valence electrons. The van der Waals surface area contributed by atoms with Crippen molar-refractivity contribution in [1.82, 2.24) is 9.97 Å². The Labute approximate surface area is 125 Å². The number of carboxylic acid groups (broad SMARTS) is 1. The highest BCUT2D eigenvalue weighted by molar-refractivity contribution is 7.99. The average Bonchev–Trinajstić information content (AvgIpc) is 2.43. The Hall–Kier alpha value is -2.52. The molecule has 2 N–H and O–H groups in total. The molecule has 1 aromatic carbocycles. The van der Waals surface area contributed by atoms with Crippen LogP contribution in [0.15, 0.2) is 40.2 Å². The summed E-state index contributed by atoms with van der Waals surface area (Å²) in [6.07, 6.45) is 0. The van der Waals surface area contributed by atoms with Gasteiger partial charge in [-0.25, -0.2) is 9.59 Å². The van der Waals surface area contributed by atoms with E-state index in [0.29, 0.717) is 11.4 Å². The first-order valence-electron chi connectivity index (χ1n) is 6.09. The Bertz CT molecular complexity index is 773. The Kier molecular flexibility index (Phi) is 4.80. The number of carboxylic acids is 1. The minimum absolute atomic E-state index is 0.0149. The van der Waals surface area contributed by atoms with E-state index in [-0.39, 0.29) is 10.6 Å². The molecule has 0 aliphatic rings. The fourth-order valence-electron chi connectivity index (χ4n) is 1.68. The predicted octanol–water partition coefficient (Wildman–Crippen LogP) is 1.92. The lowest BCUT2D eigenvalue weighted by molar-refractivity contribution is 0.0690. The van der Waals surface area contributed by atoms with Gasteiger partial charge in [0.15, 0.2) is 0 Å². The zero-order chi connectivity index (χ0) is 15.2. The first kappa shape index (κ1) is 14.9. The topological polar surface area (TPSA) is 83.0 Å². The molecule has 0 aliphatic heterocycles. The van der Waals surface area contributed by atoms with Gasteiger partial charge in [0.2, 0.25) is 0 Å². The van der Waals surface area contributed by atoms with Crippen LogP contribution in [0.4, 0.5) is 0 Å². The van der Waals surface area contributed by atoms with Crippen LogP contribution < -0.4 is 5.69 Å². The maximum absolute atomic E-state index is 11.3. The van der Waals surface area contributed by atoms with E-state index < -0.39 is 11.7 Å². The summed E-state index contributed by atoms with van der Waals surface area (Å²) >= 11 is 1.14. The summed E-state index contributed by atoms with van der Waals surface area (Å²) in [4.78, 5) is 28.6. The number of aryl methyl sites for hydroxylation is 1. The molecule has 0 saturated heterocycles. The predicted molar refractivity (Wildman–Crippen MR) is 80.6 cm³/mol. The molecule has 0 bridgehead atoms. The molecule has 0 radical (unpaired) electrons. The number of aromatic amines is 1. The summed E-state index contributed by atoms with van der Waals surface area (Å²) < 4.78 is 0. The molecule has 1 heterocycles. The molecule has 21 heavy (non-hydrogen) atoms. The zero-order valence-corrected chi connectivity index (χ0v) is 12.0. The van der Waals surface area contributed by atoms with Crippen molar-refractivity contribution >= 4 is 17.7 Å². The summed E-state index contributed by atoms with van der Waals surface area (Å²) in [6, 6.07) is 9.45. The van der Waals surface area contributed by atoms with Gasteiger partial charge in [0.1, 0.15) is 10.6 Å². The van der Waals surface area contributed by atoms with Crippen molar-refractivity contribution < 1.29 is 9.90 Å². The van der Waals surface area contributed by atoms with Crippen molar-refractivity contribution in [3.8, 4) is 11.8 Å². The largest absolute Gasteiger partial charge is 0.478 e. The monoisotopic (exact) mass is 300 g/mol. The summed E-state index contributed by atoms with van der Waals surface area (Å²) in [5.74, 6) is 5.12. The van der Waals surface area contributed by atoms with Crippen LogP contribution in [0.5, 0.6) is 0 Å². The number of hydrogen-bond donors (Lipinski definition) is 2. The van der Waals surface area contributed by atoms with E-state index in [0.717, 1.165) is 17.3 Å². The van der Waals surface area contributed by atoms with Crippen molar-refractivity contribution in [2.75, 3.05) is 5.75 Å². The molecule has 0 atom stereocenters. The van der Waals surface area contributed by atoms with E-state index in [2.05, 4.69) is 21.8 Å². The van der Waals surface area contributed by atoms with Crippen molar-refractivity contribution in [3.63, 3.8) is 0 Å². The van der Waals surface area contributed by atoms with Crippen LogP contribution in [-0.4, -0.2) is 26.8 Å². The molecule has 0 saturated carbocycles. The minimum atomic E-state index is -1.12. The van der Waals surface area contributed by atoms with E-state index in [9.17, 15) is 9.59 Å². The first-order chi connectivity index (χ1) is 10.1. The third kappa shape index (κ3) is 3.97. The maximum Gasteiger partial charge on any atom is 0.346 e. The van der Waals surface area contributed by atoms with Crippen LogP contribution in [0.3, 0.4) is 0 Å². The molecule has 0 spiro atoms. The number of aromatic nitrogens is 2. The fraction of sp³-hybridized carbons (Fsp3) is 0.133.